The molecule has 0 radical (unpaired) electrons. The van der Waals surface area contributed by atoms with Gasteiger partial charge in [0.05, 0.1) is 25.8 Å². The standard InChI is InChI=1S/C30H42ClN5O5S/c1-41-28(37)15-20-3-5-23(6-4-20)25-17-26(33-29(25)31)27-16-24(22-9-13-35(14-10-22)42(2,39)40)19-36(27)30(38)34-11-7-21(18-32)8-12-34/h3-6,21-22,24,27H,7-19,32H2,1-2H3/t24-,27-/m0/s1. The molecule has 4 aliphatic heterocycles. The molecule has 0 saturated carbocycles. The monoisotopic (exact) mass is 619 g/mol. The fourth-order valence-corrected chi connectivity index (χ4v) is 8.08. The molecular formula is C30H42ClN5O5S. The van der Waals surface area contributed by atoms with Gasteiger partial charge in [-0.25, -0.2) is 22.5 Å². The molecule has 0 unspecified atom stereocenters. The lowest BCUT2D eigenvalue weighted by molar-refractivity contribution is -0.139. The van der Waals surface area contributed by atoms with E-state index in [1.165, 1.54) is 13.4 Å². The van der Waals surface area contributed by atoms with Crippen LogP contribution in [0.5, 0.6) is 0 Å². The van der Waals surface area contributed by atoms with E-state index in [1.807, 2.05) is 34.1 Å². The molecule has 230 valence electrons. The number of likely N-dealkylation sites (tertiary alicyclic amines) is 2. The summed E-state index contributed by atoms with van der Waals surface area (Å²) in [7, 11) is -1.82. The van der Waals surface area contributed by atoms with E-state index < -0.39 is 10.0 Å². The Hall–Kier alpha value is -2.47. The van der Waals surface area contributed by atoms with Crippen LogP contribution in [-0.2, 0) is 26.0 Å². The minimum absolute atomic E-state index is 0.0472. The second-order valence-corrected chi connectivity index (χ2v) is 14.5. The molecular weight excluding hydrogens is 578 g/mol. The first-order chi connectivity index (χ1) is 20.1. The number of aliphatic imine (C=N–C) groups is 1. The summed E-state index contributed by atoms with van der Waals surface area (Å²) < 4.78 is 30.5. The normalized spacial score (nSPS) is 24.8. The zero-order valence-corrected chi connectivity index (χ0v) is 26.1. The molecule has 12 heteroatoms. The molecule has 0 bridgehead atoms. The van der Waals surface area contributed by atoms with Gasteiger partial charge in [-0.15, -0.1) is 0 Å². The minimum Gasteiger partial charge on any atom is -0.469 e. The quantitative estimate of drug-likeness (QED) is 0.369. The van der Waals surface area contributed by atoms with Crippen LogP contribution in [-0.4, -0.2) is 98.9 Å². The number of hydrogen-bond donors (Lipinski definition) is 1. The lowest BCUT2D eigenvalue weighted by Gasteiger charge is -2.36. The number of nitrogens with zero attached hydrogens (tertiary/aromatic N) is 4. The Bertz CT molecular complexity index is 1330. The summed E-state index contributed by atoms with van der Waals surface area (Å²) >= 11 is 6.71. The Kier molecular flexibility index (Phi) is 9.61. The van der Waals surface area contributed by atoms with Crippen LogP contribution in [0.4, 0.5) is 4.79 Å². The van der Waals surface area contributed by atoms with Crippen molar-refractivity contribution in [2.24, 2.45) is 28.5 Å². The summed E-state index contributed by atoms with van der Waals surface area (Å²) in [5, 5.41) is 0.437. The summed E-state index contributed by atoms with van der Waals surface area (Å²) in [6.45, 7) is 3.74. The van der Waals surface area contributed by atoms with Crippen LogP contribution in [0, 0.1) is 17.8 Å². The van der Waals surface area contributed by atoms with Gasteiger partial charge in [-0.3, -0.25) is 4.79 Å². The molecule has 0 aromatic heterocycles. The Morgan fingerprint density at radius 3 is 2.31 bits per heavy atom. The summed E-state index contributed by atoms with van der Waals surface area (Å²) in [6.07, 6.45) is 6.24. The molecule has 1 aromatic carbocycles. The van der Waals surface area contributed by atoms with E-state index >= 15 is 0 Å². The van der Waals surface area contributed by atoms with Crippen molar-refractivity contribution in [3.8, 4) is 0 Å². The molecule has 3 saturated heterocycles. The predicted octanol–water partition coefficient (Wildman–Crippen LogP) is 3.31. The predicted molar refractivity (Wildman–Crippen MR) is 163 cm³/mol. The van der Waals surface area contributed by atoms with E-state index in [4.69, 9.17) is 27.1 Å². The SMILES string of the molecule is COC(=O)Cc1ccc(C2=C(Cl)N=C([C@@H]3C[C@H](C4CCN(S(C)(=O)=O)CC4)CN3C(=O)N3CCC(CN)CC3)C2)cc1. The molecule has 2 N–H and O–H groups in total. The van der Waals surface area contributed by atoms with Crippen molar-refractivity contribution in [2.45, 2.75) is 51.0 Å². The second-order valence-electron chi connectivity index (χ2n) is 12.1. The highest BCUT2D eigenvalue weighted by Crippen LogP contribution is 2.41. The molecule has 42 heavy (non-hydrogen) atoms. The molecule has 4 heterocycles. The van der Waals surface area contributed by atoms with Crippen molar-refractivity contribution in [1.29, 1.82) is 0 Å². The minimum atomic E-state index is -3.20. The Morgan fingerprint density at radius 1 is 1.05 bits per heavy atom. The average molecular weight is 620 g/mol. The Labute approximate surface area is 253 Å². The van der Waals surface area contributed by atoms with Crippen LogP contribution < -0.4 is 5.73 Å². The third-order valence-corrected chi connectivity index (χ3v) is 11.2. The number of methoxy groups -OCH3 is 1. The van der Waals surface area contributed by atoms with Crippen molar-refractivity contribution >= 4 is 44.9 Å². The number of urea groups is 1. The van der Waals surface area contributed by atoms with Crippen molar-refractivity contribution in [3.63, 3.8) is 0 Å². The number of amides is 2. The van der Waals surface area contributed by atoms with Gasteiger partial charge in [0.15, 0.2) is 0 Å². The molecule has 10 nitrogen and oxygen atoms in total. The fraction of sp³-hybridized carbons (Fsp3) is 0.633. The van der Waals surface area contributed by atoms with Crippen molar-refractivity contribution in [1.82, 2.24) is 14.1 Å². The van der Waals surface area contributed by atoms with E-state index in [9.17, 15) is 18.0 Å². The molecule has 1 aromatic rings. The molecule has 2 atom stereocenters. The van der Waals surface area contributed by atoms with Gasteiger partial charge in [0, 0.05) is 50.4 Å². The molecule has 5 rings (SSSR count). The van der Waals surface area contributed by atoms with Crippen LogP contribution in [0.3, 0.4) is 0 Å². The molecule has 0 aliphatic carbocycles. The van der Waals surface area contributed by atoms with Crippen molar-refractivity contribution in [3.05, 3.63) is 40.5 Å². The third-order valence-electron chi connectivity index (χ3n) is 9.54. The number of rotatable bonds is 7. The van der Waals surface area contributed by atoms with E-state index in [0.717, 1.165) is 54.5 Å². The molecule has 0 spiro atoms. The highest BCUT2D eigenvalue weighted by molar-refractivity contribution is 7.88. The largest absolute Gasteiger partial charge is 0.469 e. The number of hydrogen-bond acceptors (Lipinski definition) is 7. The van der Waals surface area contributed by atoms with E-state index in [0.29, 0.717) is 62.7 Å². The van der Waals surface area contributed by atoms with Gasteiger partial charge in [-0.05, 0) is 67.5 Å². The van der Waals surface area contributed by atoms with Gasteiger partial charge < -0.3 is 20.3 Å². The maximum Gasteiger partial charge on any atom is 0.320 e. The first-order valence-corrected chi connectivity index (χ1v) is 17.1. The second kappa shape index (κ2) is 13.0. The number of carbonyl (C=O) groups is 2. The number of sulfonamides is 1. The van der Waals surface area contributed by atoms with Crippen LogP contribution >= 0.6 is 11.6 Å². The molecule has 3 fully saturated rings. The van der Waals surface area contributed by atoms with Gasteiger partial charge in [0.25, 0.3) is 0 Å². The highest BCUT2D eigenvalue weighted by atomic mass is 35.5. The van der Waals surface area contributed by atoms with Crippen molar-refractivity contribution in [2.75, 3.05) is 52.6 Å². The maximum atomic E-state index is 14.0. The van der Waals surface area contributed by atoms with Gasteiger partial charge >= 0.3 is 12.0 Å². The average Bonchev–Trinajstić information content (AvgIpc) is 3.61. The molecule has 2 amide bonds. The number of allylic oxidation sites excluding steroid dienone is 1. The topological polar surface area (TPSA) is 126 Å². The lowest BCUT2D eigenvalue weighted by Crippen LogP contribution is -2.50. The number of carbonyl (C=O) groups excluding carboxylic acids is 2. The lowest BCUT2D eigenvalue weighted by atomic mass is 9.82. The number of halogens is 1. The van der Waals surface area contributed by atoms with Crippen LogP contribution in [0.2, 0.25) is 0 Å². The number of benzene rings is 1. The first kappa shape index (κ1) is 31.0. The number of esters is 1. The zero-order chi connectivity index (χ0) is 30.0. The van der Waals surface area contributed by atoms with Gasteiger partial charge in [-0.1, -0.05) is 35.9 Å². The zero-order valence-electron chi connectivity index (χ0n) is 24.5. The summed E-state index contributed by atoms with van der Waals surface area (Å²) in [4.78, 5) is 34.4. The Morgan fingerprint density at radius 2 is 1.71 bits per heavy atom. The number of piperidine rings is 2. The summed E-state index contributed by atoms with van der Waals surface area (Å²) in [5.41, 5.74) is 9.50. The first-order valence-electron chi connectivity index (χ1n) is 14.9. The van der Waals surface area contributed by atoms with E-state index in [-0.39, 0.29) is 30.4 Å². The summed E-state index contributed by atoms with van der Waals surface area (Å²) in [5.74, 6) is 0.783. The van der Waals surface area contributed by atoms with Crippen molar-refractivity contribution < 1.29 is 22.7 Å². The van der Waals surface area contributed by atoms with Crippen LogP contribution in [0.15, 0.2) is 34.4 Å². The fourth-order valence-electron chi connectivity index (χ4n) is 6.92. The smallest absolute Gasteiger partial charge is 0.320 e. The van der Waals surface area contributed by atoms with Gasteiger partial charge in [0.1, 0.15) is 5.16 Å². The number of nitrogens with two attached hydrogens (primary N) is 1. The van der Waals surface area contributed by atoms with E-state index in [2.05, 4.69) is 0 Å². The number of ether oxygens (including phenoxy) is 1. The van der Waals surface area contributed by atoms with Gasteiger partial charge in [-0.2, -0.15) is 0 Å². The van der Waals surface area contributed by atoms with Crippen LogP contribution in [0.25, 0.3) is 5.57 Å². The molecule has 4 aliphatic rings. The van der Waals surface area contributed by atoms with Gasteiger partial charge in [0.2, 0.25) is 10.0 Å². The van der Waals surface area contributed by atoms with E-state index in [1.54, 1.807) is 4.31 Å². The highest BCUT2D eigenvalue weighted by Gasteiger charge is 2.45. The summed E-state index contributed by atoms with van der Waals surface area (Å²) in [6, 6.07) is 7.59. The van der Waals surface area contributed by atoms with Crippen LogP contribution in [0.1, 0.15) is 49.7 Å². The maximum absolute atomic E-state index is 14.0. The third kappa shape index (κ3) is 6.85. The Balaban J connectivity index is 1.31.